The number of aliphatic imine (C=N–C) groups is 1. The lowest BCUT2D eigenvalue weighted by Crippen LogP contribution is -2.44. The van der Waals surface area contributed by atoms with E-state index in [1.54, 1.807) is 0 Å². The number of nitrogens with zero attached hydrogens (tertiary/aromatic N) is 2. The fraction of sp³-hybridized carbons (Fsp3) is 0.600. The molecule has 1 aromatic rings. The first-order valence-corrected chi connectivity index (χ1v) is 9.77. The van der Waals surface area contributed by atoms with Crippen molar-refractivity contribution < 1.29 is 14.3 Å². The summed E-state index contributed by atoms with van der Waals surface area (Å²) in [4.78, 5) is 19.7. The number of carbonyl (C=O) groups is 1. The molecule has 1 aliphatic heterocycles. The van der Waals surface area contributed by atoms with E-state index < -0.39 is 0 Å². The fourth-order valence-electron chi connectivity index (χ4n) is 2.93. The van der Waals surface area contributed by atoms with Gasteiger partial charge in [0.15, 0.2) is 5.96 Å². The molecule has 7 heteroatoms. The molecule has 1 saturated heterocycles. The molecule has 1 fully saturated rings. The highest BCUT2D eigenvalue weighted by atomic mass is 16.5. The van der Waals surface area contributed by atoms with Crippen LogP contribution in [-0.2, 0) is 14.3 Å². The van der Waals surface area contributed by atoms with Gasteiger partial charge in [0, 0.05) is 32.8 Å². The molecule has 1 atom stereocenters. The van der Waals surface area contributed by atoms with Crippen LogP contribution in [0.4, 0.5) is 0 Å². The van der Waals surface area contributed by atoms with Crippen molar-refractivity contribution in [3.05, 3.63) is 35.9 Å². The number of nitrogens with one attached hydrogen (secondary N) is 2. The third kappa shape index (κ3) is 7.19. The van der Waals surface area contributed by atoms with Crippen LogP contribution in [0.2, 0.25) is 0 Å². The molecule has 2 N–H and O–H groups in total. The molecule has 0 aromatic heterocycles. The van der Waals surface area contributed by atoms with Crippen molar-refractivity contribution in [2.24, 2.45) is 4.99 Å². The Bertz CT molecular complexity index is 574. The van der Waals surface area contributed by atoms with Gasteiger partial charge in [-0.15, -0.1) is 0 Å². The molecular formula is C20H32N4O3. The second-order valence-electron chi connectivity index (χ2n) is 6.24. The van der Waals surface area contributed by atoms with Gasteiger partial charge in [-0.1, -0.05) is 30.3 Å². The highest BCUT2D eigenvalue weighted by Gasteiger charge is 2.27. The molecule has 2 rings (SSSR count). The minimum Gasteiger partial charge on any atom is -0.380 e. The second-order valence-corrected chi connectivity index (χ2v) is 6.24. The second kappa shape index (κ2) is 12.3. The molecule has 1 unspecified atom stereocenters. The Labute approximate surface area is 162 Å². The lowest BCUT2D eigenvalue weighted by atomic mass is 9.97. The molecule has 0 aliphatic carbocycles. The van der Waals surface area contributed by atoms with E-state index in [2.05, 4.69) is 15.6 Å². The van der Waals surface area contributed by atoms with Crippen LogP contribution < -0.4 is 10.6 Å². The molecule has 1 aromatic carbocycles. The molecule has 0 saturated carbocycles. The molecule has 0 radical (unpaired) electrons. The highest BCUT2D eigenvalue weighted by Crippen LogP contribution is 2.20. The van der Waals surface area contributed by atoms with Gasteiger partial charge in [0.1, 0.15) is 0 Å². The molecule has 1 aliphatic rings. The number of carbonyl (C=O) groups excluding carboxylic acids is 1. The maximum Gasteiger partial charge on any atom is 0.232 e. The van der Waals surface area contributed by atoms with Gasteiger partial charge in [-0.3, -0.25) is 9.79 Å². The Kier molecular flexibility index (Phi) is 9.65. The first kappa shape index (κ1) is 21.2. The lowest BCUT2D eigenvalue weighted by molar-refractivity contribution is -0.136. The van der Waals surface area contributed by atoms with E-state index in [0.29, 0.717) is 58.6 Å². The Hall–Kier alpha value is -2.12. The van der Waals surface area contributed by atoms with Crippen molar-refractivity contribution in [2.45, 2.75) is 19.8 Å². The van der Waals surface area contributed by atoms with E-state index in [4.69, 9.17) is 9.47 Å². The maximum atomic E-state index is 13.1. The number of benzene rings is 1. The van der Waals surface area contributed by atoms with Gasteiger partial charge in [-0.2, -0.15) is 0 Å². The number of rotatable bonds is 9. The zero-order valence-electron chi connectivity index (χ0n) is 16.4. The van der Waals surface area contributed by atoms with Crippen LogP contribution in [0, 0.1) is 0 Å². The summed E-state index contributed by atoms with van der Waals surface area (Å²) < 4.78 is 10.7. The number of amides is 1. The number of morpholine rings is 1. The molecule has 150 valence electrons. The summed E-state index contributed by atoms with van der Waals surface area (Å²) in [6, 6.07) is 9.87. The first-order valence-electron chi connectivity index (χ1n) is 9.77. The van der Waals surface area contributed by atoms with E-state index in [0.717, 1.165) is 12.1 Å². The van der Waals surface area contributed by atoms with Crippen LogP contribution in [-0.4, -0.2) is 75.9 Å². The minimum atomic E-state index is -0.299. The van der Waals surface area contributed by atoms with Gasteiger partial charge in [-0.05, 0) is 19.4 Å². The van der Waals surface area contributed by atoms with Crippen molar-refractivity contribution in [3.8, 4) is 0 Å². The quantitative estimate of drug-likeness (QED) is 0.385. The zero-order valence-corrected chi connectivity index (χ0v) is 16.4. The van der Waals surface area contributed by atoms with E-state index >= 15 is 0 Å². The Morgan fingerprint density at radius 2 is 1.96 bits per heavy atom. The molecule has 0 spiro atoms. The third-order valence-electron chi connectivity index (χ3n) is 4.34. The Balaban J connectivity index is 2.08. The summed E-state index contributed by atoms with van der Waals surface area (Å²) in [5.74, 6) is 0.512. The fourth-order valence-corrected chi connectivity index (χ4v) is 2.93. The van der Waals surface area contributed by atoms with Crippen LogP contribution >= 0.6 is 0 Å². The predicted molar refractivity (Wildman–Crippen MR) is 107 cm³/mol. The zero-order chi connectivity index (χ0) is 19.3. The monoisotopic (exact) mass is 376 g/mol. The first-order chi connectivity index (χ1) is 13.3. The van der Waals surface area contributed by atoms with Gasteiger partial charge in [-0.25, -0.2) is 0 Å². The Morgan fingerprint density at radius 3 is 2.63 bits per heavy atom. The standard InChI is InChI=1S/C20H32N4O3/c1-3-21-20(22-10-13-26-4-2)23-16-18(17-8-6-5-7-9-17)19(25)24-11-14-27-15-12-24/h5-9,18H,3-4,10-16H2,1-2H3,(H2,21,22,23). The Morgan fingerprint density at radius 1 is 1.22 bits per heavy atom. The van der Waals surface area contributed by atoms with Crippen molar-refractivity contribution in [1.82, 2.24) is 15.5 Å². The molecule has 1 heterocycles. The average molecular weight is 377 g/mol. The van der Waals surface area contributed by atoms with Crippen LogP contribution in [0.3, 0.4) is 0 Å². The van der Waals surface area contributed by atoms with Gasteiger partial charge in [0.2, 0.25) is 5.91 Å². The van der Waals surface area contributed by atoms with E-state index in [1.165, 1.54) is 0 Å². The van der Waals surface area contributed by atoms with Gasteiger partial charge in [0.05, 0.1) is 32.3 Å². The molecular weight excluding hydrogens is 344 g/mol. The minimum absolute atomic E-state index is 0.110. The van der Waals surface area contributed by atoms with Crippen molar-refractivity contribution >= 4 is 11.9 Å². The smallest absolute Gasteiger partial charge is 0.232 e. The van der Waals surface area contributed by atoms with Crippen molar-refractivity contribution in [2.75, 3.05) is 59.2 Å². The number of hydrogen-bond donors (Lipinski definition) is 2. The van der Waals surface area contributed by atoms with Gasteiger partial charge >= 0.3 is 0 Å². The number of hydrogen-bond acceptors (Lipinski definition) is 4. The van der Waals surface area contributed by atoms with Gasteiger partial charge in [0.25, 0.3) is 0 Å². The normalized spacial score (nSPS) is 16.1. The van der Waals surface area contributed by atoms with E-state index in [-0.39, 0.29) is 11.8 Å². The third-order valence-corrected chi connectivity index (χ3v) is 4.34. The molecule has 7 nitrogen and oxygen atoms in total. The molecule has 0 bridgehead atoms. The highest BCUT2D eigenvalue weighted by molar-refractivity contribution is 5.85. The van der Waals surface area contributed by atoms with Crippen LogP contribution in [0.5, 0.6) is 0 Å². The predicted octanol–water partition coefficient (Wildman–Crippen LogP) is 1.22. The average Bonchev–Trinajstić information content (AvgIpc) is 2.72. The van der Waals surface area contributed by atoms with Crippen molar-refractivity contribution in [3.63, 3.8) is 0 Å². The van der Waals surface area contributed by atoms with Crippen molar-refractivity contribution in [1.29, 1.82) is 0 Å². The number of guanidine groups is 1. The SMILES string of the molecule is CCNC(=NCC(C(=O)N1CCOCC1)c1ccccc1)NCCOCC. The summed E-state index contributed by atoms with van der Waals surface area (Å²) in [7, 11) is 0. The van der Waals surface area contributed by atoms with E-state index in [1.807, 2.05) is 49.1 Å². The van der Waals surface area contributed by atoms with Crippen LogP contribution in [0.1, 0.15) is 25.3 Å². The lowest BCUT2D eigenvalue weighted by Gasteiger charge is -2.30. The van der Waals surface area contributed by atoms with Gasteiger partial charge < -0.3 is 25.0 Å². The summed E-state index contributed by atoms with van der Waals surface area (Å²) in [5, 5.41) is 6.47. The molecule has 27 heavy (non-hydrogen) atoms. The summed E-state index contributed by atoms with van der Waals surface area (Å²) in [6.07, 6.45) is 0. The largest absolute Gasteiger partial charge is 0.380 e. The summed E-state index contributed by atoms with van der Waals surface area (Å²) >= 11 is 0. The van der Waals surface area contributed by atoms with Crippen LogP contribution in [0.15, 0.2) is 35.3 Å². The number of ether oxygens (including phenoxy) is 2. The summed E-state index contributed by atoms with van der Waals surface area (Å²) in [5.41, 5.74) is 0.989. The van der Waals surface area contributed by atoms with E-state index in [9.17, 15) is 4.79 Å². The maximum absolute atomic E-state index is 13.1. The topological polar surface area (TPSA) is 75.2 Å². The van der Waals surface area contributed by atoms with Crippen LogP contribution in [0.25, 0.3) is 0 Å². The summed E-state index contributed by atoms with van der Waals surface area (Å²) in [6.45, 7) is 9.60. The molecule has 1 amide bonds.